The number of nitrogens with zero attached hydrogens (tertiary/aromatic N) is 2. The van der Waals surface area contributed by atoms with Crippen LogP contribution in [0.2, 0.25) is 0 Å². The molecule has 4 rings (SSSR count). The van der Waals surface area contributed by atoms with E-state index >= 15 is 0 Å². The van der Waals surface area contributed by atoms with Gasteiger partial charge in [-0.1, -0.05) is 32.0 Å². The Morgan fingerprint density at radius 2 is 1.88 bits per heavy atom. The molecule has 3 nitrogen and oxygen atoms in total. The second-order valence-corrected chi connectivity index (χ2v) is 8.30. The predicted octanol–water partition coefficient (Wildman–Crippen LogP) is 5.74. The summed E-state index contributed by atoms with van der Waals surface area (Å²) in [5.74, 6) is 2.22. The van der Waals surface area contributed by atoms with Crippen molar-refractivity contribution in [3.8, 4) is 11.5 Å². The molecule has 0 saturated carbocycles. The van der Waals surface area contributed by atoms with Gasteiger partial charge in [-0.3, -0.25) is 4.90 Å². The molecule has 0 spiro atoms. The largest absolute Gasteiger partial charge is 0.436 e. The van der Waals surface area contributed by atoms with Crippen molar-refractivity contribution < 1.29 is 4.42 Å². The van der Waals surface area contributed by atoms with Crippen LogP contribution in [0.4, 0.5) is 0 Å². The highest BCUT2D eigenvalue weighted by atomic mass is 79.9. The average molecular weight is 399 g/mol. The zero-order valence-electron chi connectivity index (χ0n) is 14.7. The van der Waals surface area contributed by atoms with Gasteiger partial charge in [0.05, 0.1) is 5.56 Å². The monoisotopic (exact) mass is 398 g/mol. The fourth-order valence-electron chi connectivity index (χ4n) is 4.00. The molecular formula is C21H23BrN2O. The van der Waals surface area contributed by atoms with Crippen molar-refractivity contribution in [2.24, 2.45) is 11.8 Å². The number of hydrogen-bond donors (Lipinski definition) is 0. The molecular weight excluding hydrogens is 376 g/mol. The molecule has 130 valence electrons. The Morgan fingerprint density at radius 3 is 2.64 bits per heavy atom. The van der Waals surface area contributed by atoms with Crippen molar-refractivity contribution in [3.05, 3.63) is 52.5 Å². The first-order valence-electron chi connectivity index (χ1n) is 8.95. The van der Waals surface area contributed by atoms with Gasteiger partial charge in [-0.15, -0.1) is 0 Å². The van der Waals surface area contributed by atoms with E-state index in [0.29, 0.717) is 5.89 Å². The molecule has 25 heavy (non-hydrogen) atoms. The molecule has 1 fully saturated rings. The van der Waals surface area contributed by atoms with Crippen molar-refractivity contribution in [1.82, 2.24) is 9.88 Å². The van der Waals surface area contributed by atoms with Crippen LogP contribution in [0.3, 0.4) is 0 Å². The Labute approximate surface area is 157 Å². The van der Waals surface area contributed by atoms with E-state index in [4.69, 9.17) is 9.40 Å². The van der Waals surface area contributed by atoms with Crippen molar-refractivity contribution in [3.63, 3.8) is 0 Å². The first kappa shape index (κ1) is 16.8. The number of benzene rings is 2. The lowest BCUT2D eigenvalue weighted by atomic mass is 9.91. The van der Waals surface area contributed by atoms with Gasteiger partial charge < -0.3 is 4.42 Å². The highest BCUT2D eigenvalue weighted by molar-refractivity contribution is 9.10. The summed E-state index contributed by atoms with van der Waals surface area (Å²) in [6, 6.07) is 14.4. The maximum atomic E-state index is 5.96. The zero-order valence-corrected chi connectivity index (χ0v) is 16.3. The van der Waals surface area contributed by atoms with E-state index < -0.39 is 0 Å². The van der Waals surface area contributed by atoms with Gasteiger partial charge in [0.1, 0.15) is 5.52 Å². The van der Waals surface area contributed by atoms with Gasteiger partial charge in [0, 0.05) is 24.1 Å². The molecule has 3 aromatic rings. The fraction of sp³-hybridized carbons (Fsp3) is 0.381. The zero-order chi connectivity index (χ0) is 17.4. The van der Waals surface area contributed by atoms with E-state index in [1.165, 1.54) is 25.1 Å². The minimum absolute atomic E-state index is 0.667. The van der Waals surface area contributed by atoms with E-state index in [1.807, 2.05) is 24.3 Å². The van der Waals surface area contributed by atoms with Gasteiger partial charge in [0.25, 0.3) is 0 Å². The molecule has 1 aliphatic rings. The Bertz CT molecular complexity index is 878. The number of halogens is 1. The summed E-state index contributed by atoms with van der Waals surface area (Å²) in [7, 11) is 0. The molecule has 0 bridgehead atoms. The van der Waals surface area contributed by atoms with Crippen LogP contribution in [0.25, 0.3) is 22.6 Å². The third-order valence-electron chi connectivity index (χ3n) is 4.91. The number of rotatable bonds is 3. The highest BCUT2D eigenvalue weighted by Crippen LogP contribution is 2.30. The van der Waals surface area contributed by atoms with E-state index in [9.17, 15) is 0 Å². The summed E-state index contributed by atoms with van der Waals surface area (Å²) in [5, 5.41) is 0. The third-order valence-corrected chi connectivity index (χ3v) is 5.60. The van der Waals surface area contributed by atoms with Crippen molar-refractivity contribution in [1.29, 1.82) is 0 Å². The first-order chi connectivity index (χ1) is 12.1. The quantitative estimate of drug-likeness (QED) is 0.563. The van der Waals surface area contributed by atoms with Crippen LogP contribution in [0.1, 0.15) is 25.8 Å². The fourth-order valence-corrected chi connectivity index (χ4v) is 4.45. The molecule has 1 aromatic heterocycles. The normalized spacial score (nSPS) is 21.7. The maximum Gasteiger partial charge on any atom is 0.228 e. The van der Waals surface area contributed by atoms with Crippen LogP contribution < -0.4 is 0 Å². The molecule has 2 heterocycles. The Hall–Kier alpha value is -1.65. The van der Waals surface area contributed by atoms with Crippen molar-refractivity contribution in [2.75, 3.05) is 13.1 Å². The topological polar surface area (TPSA) is 29.3 Å². The number of fused-ring (bicyclic) bond motifs is 1. The summed E-state index contributed by atoms with van der Waals surface area (Å²) < 4.78 is 6.96. The molecule has 1 saturated heterocycles. The van der Waals surface area contributed by atoms with E-state index in [0.717, 1.165) is 39.5 Å². The predicted molar refractivity (Wildman–Crippen MR) is 105 cm³/mol. The van der Waals surface area contributed by atoms with Crippen LogP contribution in [0.5, 0.6) is 0 Å². The second kappa shape index (κ2) is 6.93. The lowest BCUT2D eigenvalue weighted by Crippen LogP contribution is -2.38. The van der Waals surface area contributed by atoms with E-state index in [2.05, 4.69) is 52.9 Å². The molecule has 2 aromatic carbocycles. The maximum absolute atomic E-state index is 5.96. The molecule has 0 amide bonds. The minimum atomic E-state index is 0.667. The number of hydrogen-bond acceptors (Lipinski definition) is 3. The molecule has 0 N–H and O–H groups in total. The van der Waals surface area contributed by atoms with Gasteiger partial charge in [-0.25, -0.2) is 4.98 Å². The molecule has 0 aliphatic carbocycles. The van der Waals surface area contributed by atoms with Crippen LogP contribution in [0.15, 0.2) is 51.4 Å². The third kappa shape index (κ3) is 3.65. The molecule has 4 heteroatoms. The summed E-state index contributed by atoms with van der Waals surface area (Å²) in [4.78, 5) is 7.28. The molecule has 2 atom stereocenters. The van der Waals surface area contributed by atoms with Crippen molar-refractivity contribution in [2.45, 2.75) is 26.8 Å². The van der Waals surface area contributed by atoms with Gasteiger partial charge >= 0.3 is 0 Å². The summed E-state index contributed by atoms with van der Waals surface area (Å²) in [6.07, 6.45) is 1.34. The van der Waals surface area contributed by atoms with E-state index in [-0.39, 0.29) is 0 Å². The smallest absolute Gasteiger partial charge is 0.228 e. The standard InChI is InChI=1S/C21H23BrN2O/c1-14-9-15(2)12-24(11-14)13-16-7-8-20-19(10-16)23-21(25-20)17-5-3-4-6-18(17)22/h3-8,10,14-15H,9,11-13H2,1-2H3/t14-,15+. The van der Waals surface area contributed by atoms with Crippen LogP contribution in [-0.4, -0.2) is 23.0 Å². The molecule has 1 aliphatic heterocycles. The summed E-state index contributed by atoms with van der Waals surface area (Å²) >= 11 is 3.57. The summed E-state index contributed by atoms with van der Waals surface area (Å²) in [5.41, 5.74) is 4.07. The average Bonchev–Trinajstić information content (AvgIpc) is 2.97. The minimum Gasteiger partial charge on any atom is -0.436 e. The van der Waals surface area contributed by atoms with Crippen LogP contribution >= 0.6 is 15.9 Å². The van der Waals surface area contributed by atoms with Crippen LogP contribution in [0, 0.1) is 11.8 Å². The Balaban J connectivity index is 1.59. The second-order valence-electron chi connectivity index (χ2n) is 7.44. The van der Waals surface area contributed by atoms with Crippen molar-refractivity contribution >= 4 is 27.0 Å². The number of aromatic nitrogens is 1. The lowest BCUT2D eigenvalue weighted by Gasteiger charge is -2.34. The highest BCUT2D eigenvalue weighted by Gasteiger charge is 2.22. The van der Waals surface area contributed by atoms with Gasteiger partial charge in [0.2, 0.25) is 5.89 Å². The number of piperidine rings is 1. The summed E-state index contributed by atoms with van der Waals surface area (Å²) in [6.45, 7) is 8.07. The SMILES string of the molecule is C[C@@H]1C[C@H](C)CN(Cc2ccc3oc(-c4ccccc4Br)nc3c2)C1. The van der Waals surface area contributed by atoms with Gasteiger partial charge in [0.15, 0.2) is 5.58 Å². The van der Waals surface area contributed by atoms with Gasteiger partial charge in [-0.2, -0.15) is 0 Å². The molecule has 0 unspecified atom stereocenters. The Morgan fingerprint density at radius 1 is 1.12 bits per heavy atom. The Kier molecular flexibility index (Phi) is 4.65. The van der Waals surface area contributed by atoms with Crippen LogP contribution in [-0.2, 0) is 6.54 Å². The lowest BCUT2D eigenvalue weighted by molar-refractivity contribution is 0.134. The van der Waals surface area contributed by atoms with Gasteiger partial charge in [-0.05, 0) is 64.0 Å². The number of oxazole rings is 1. The van der Waals surface area contributed by atoms with E-state index in [1.54, 1.807) is 0 Å². The number of likely N-dealkylation sites (tertiary alicyclic amines) is 1. The first-order valence-corrected chi connectivity index (χ1v) is 9.74. The molecule has 0 radical (unpaired) electrons.